The summed E-state index contributed by atoms with van der Waals surface area (Å²) in [6.07, 6.45) is 0.984. The molecule has 4 rings (SSSR count). The molecule has 0 spiro atoms. The lowest BCUT2D eigenvalue weighted by Crippen LogP contribution is -2.11. The third kappa shape index (κ3) is 5.75. The topological polar surface area (TPSA) is 51.5 Å². The van der Waals surface area contributed by atoms with Gasteiger partial charge >= 0.3 is 0 Å². The number of ether oxygens (including phenoxy) is 1. The summed E-state index contributed by atoms with van der Waals surface area (Å²) in [7, 11) is 0. The van der Waals surface area contributed by atoms with Gasteiger partial charge in [0.25, 0.3) is 5.91 Å². The monoisotopic (exact) mass is 463 g/mol. The van der Waals surface area contributed by atoms with Crippen molar-refractivity contribution in [2.24, 2.45) is 0 Å². The van der Waals surface area contributed by atoms with Gasteiger partial charge in [-0.3, -0.25) is 4.79 Å². The van der Waals surface area contributed by atoms with E-state index >= 15 is 0 Å². The van der Waals surface area contributed by atoms with Gasteiger partial charge in [-0.05, 0) is 72.6 Å². The standard InChI is InChI=1S/C26H22ClNO3S/c1-2-18-7-11-20(12-8-18)30-17-21-13-16-24(31-21)26(29)28-23-5-3-4-6-25(23)32-22-14-9-19(27)10-15-22/h3-16H,2,17H2,1H3,(H,28,29). The van der Waals surface area contributed by atoms with Crippen LogP contribution in [-0.4, -0.2) is 5.91 Å². The molecule has 4 nitrogen and oxygen atoms in total. The van der Waals surface area contributed by atoms with Crippen molar-refractivity contribution >= 4 is 35.0 Å². The summed E-state index contributed by atoms with van der Waals surface area (Å²) in [4.78, 5) is 14.7. The van der Waals surface area contributed by atoms with E-state index < -0.39 is 0 Å². The smallest absolute Gasteiger partial charge is 0.291 e. The third-order valence-electron chi connectivity index (χ3n) is 4.77. The van der Waals surface area contributed by atoms with Crippen LogP contribution in [-0.2, 0) is 13.0 Å². The fourth-order valence-electron chi connectivity index (χ4n) is 3.03. The average Bonchev–Trinajstić information content (AvgIpc) is 3.30. The number of nitrogens with one attached hydrogen (secondary N) is 1. The van der Waals surface area contributed by atoms with Gasteiger partial charge in [0.2, 0.25) is 0 Å². The number of benzene rings is 3. The van der Waals surface area contributed by atoms with Crippen LogP contribution in [0.4, 0.5) is 5.69 Å². The fourth-order valence-corrected chi connectivity index (χ4v) is 4.05. The van der Waals surface area contributed by atoms with Gasteiger partial charge in [0.1, 0.15) is 18.1 Å². The number of hydrogen-bond donors (Lipinski definition) is 1. The first-order chi connectivity index (χ1) is 15.6. The molecule has 1 N–H and O–H groups in total. The van der Waals surface area contributed by atoms with Crippen LogP contribution in [0.3, 0.4) is 0 Å². The van der Waals surface area contributed by atoms with Crippen molar-refractivity contribution in [1.29, 1.82) is 0 Å². The number of furan rings is 1. The van der Waals surface area contributed by atoms with Crippen molar-refractivity contribution < 1.29 is 13.9 Å². The Bertz CT molecular complexity index is 1190. The average molecular weight is 464 g/mol. The summed E-state index contributed by atoms with van der Waals surface area (Å²) in [6.45, 7) is 2.36. The first-order valence-corrected chi connectivity index (χ1v) is 11.4. The quantitative estimate of drug-likeness (QED) is 0.294. The zero-order valence-corrected chi connectivity index (χ0v) is 19.1. The minimum atomic E-state index is -0.312. The Morgan fingerprint density at radius 3 is 2.47 bits per heavy atom. The van der Waals surface area contributed by atoms with Crippen molar-refractivity contribution in [3.63, 3.8) is 0 Å². The number of amides is 1. The highest BCUT2D eigenvalue weighted by atomic mass is 35.5. The van der Waals surface area contributed by atoms with Crippen LogP contribution in [0.25, 0.3) is 0 Å². The highest BCUT2D eigenvalue weighted by Gasteiger charge is 2.14. The second-order valence-electron chi connectivity index (χ2n) is 7.06. The Hall–Kier alpha value is -3.15. The number of carbonyl (C=O) groups excluding carboxylic acids is 1. The van der Waals surface area contributed by atoms with Crippen LogP contribution in [0.5, 0.6) is 5.75 Å². The molecule has 0 aliphatic carbocycles. The van der Waals surface area contributed by atoms with Crippen molar-refractivity contribution in [3.05, 3.63) is 107 Å². The number of halogens is 1. The molecule has 32 heavy (non-hydrogen) atoms. The predicted octanol–water partition coefficient (Wildman–Crippen LogP) is 7.48. The van der Waals surface area contributed by atoms with Gasteiger partial charge in [-0.2, -0.15) is 0 Å². The van der Waals surface area contributed by atoms with E-state index in [1.165, 1.54) is 5.56 Å². The maximum atomic E-state index is 12.7. The third-order valence-corrected chi connectivity index (χ3v) is 6.11. The summed E-state index contributed by atoms with van der Waals surface area (Å²) in [5, 5.41) is 3.62. The molecule has 1 aromatic heterocycles. The van der Waals surface area contributed by atoms with Crippen molar-refractivity contribution in [1.82, 2.24) is 0 Å². The summed E-state index contributed by atoms with van der Waals surface area (Å²) >= 11 is 7.52. The van der Waals surface area contributed by atoms with Crippen LogP contribution in [0.1, 0.15) is 28.8 Å². The van der Waals surface area contributed by atoms with Gasteiger partial charge < -0.3 is 14.5 Å². The molecule has 1 amide bonds. The van der Waals surface area contributed by atoms with E-state index in [0.29, 0.717) is 16.5 Å². The van der Waals surface area contributed by atoms with E-state index in [0.717, 1.165) is 22.0 Å². The molecule has 0 aliphatic heterocycles. The van der Waals surface area contributed by atoms with Gasteiger partial charge in [0, 0.05) is 14.8 Å². The van der Waals surface area contributed by atoms with Crippen LogP contribution >= 0.6 is 23.4 Å². The molecule has 0 atom stereocenters. The number of hydrogen-bond acceptors (Lipinski definition) is 4. The molecule has 0 bridgehead atoms. The maximum absolute atomic E-state index is 12.7. The molecule has 0 unspecified atom stereocenters. The van der Waals surface area contributed by atoms with E-state index in [1.54, 1.807) is 23.9 Å². The Morgan fingerprint density at radius 1 is 0.969 bits per heavy atom. The molecule has 0 fully saturated rings. The van der Waals surface area contributed by atoms with E-state index in [1.807, 2.05) is 72.8 Å². The lowest BCUT2D eigenvalue weighted by atomic mass is 10.2. The Balaban J connectivity index is 1.39. The maximum Gasteiger partial charge on any atom is 0.291 e. The van der Waals surface area contributed by atoms with Gasteiger partial charge in [-0.15, -0.1) is 0 Å². The van der Waals surface area contributed by atoms with E-state index in [2.05, 4.69) is 12.2 Å². The largest absolute Gasteiger partial charge is 0.486 e. The minimum absolute atomic E-state index is 0.233. The zero-order valence-electron chi connectivity index (χ0n) is 17.5. The number of aryl methyl sites for hydroxylation is 1. The Morgan fingerprint density at radius 2 is 1.72 bits per heavy atom. The van der Waals surface area contributed by atoms with Crippen molar-refractivity contribution in [2.75, 3.05) is 5.32 Å². The molecular formula is C26H22ClNO3S. The van der Waals surface area contributed by atoms with E-state index in [-0.39, 0.29) is 18.3 Å². The van der Waals surface area contributed by atoms with E-state index in [9.17, 15) is 4.79 Å². The summed E-state index contributed by atoms with van der Waals surface area (Å²) in [5.41, 5.74) is 1.96. The number of para-hydroxylation sites is 1. The first kappa shape index (κ1) is 22.1. The Kier molecular flexibility index (Phi) is 7.20. The highest BCUT2D eigenvalue weighted by molar-refractivity contribution is 7.99. The van der Waals surface area contributed by atoms with Crippen molar-refractivity contribution in [3.8, 4) is 5.75 Å². The summed E-state index contributed by atoms with van der Waals surface area (Å²) < 4.78 is 11.5. The van der Waals surface area contributed by atoms with Gasteiger partial charge in [0.05, 0.1) is 5.69 Å². The molecule has 4 aromatic rings. The van der Waals surface area contributed by atoms with Crippen LogP contribution < -0.4 is 10.1 Å². The number of carbonyl (C=O) groups is 1. The molecule has 0 aliphatic rings. The zero-order chi connectivity index (χ0) is 22.3. The molecular weight excluding hydrogens is 442 g/mol. The molecule has 3 aromatic carbocycles. The molecule has 6 heteroatoms. The fraction of sp³-hybridized carbons (Fsp3) is 0.115. The lowest BCUT2D eigenvalue weighted by molar-refractivity contribution is 0.0992. The lowest BCUT2D eigenvalue weighted by Gasteiger charge is -2.10. The van der Waals surface area contributed by atoms with Crippen molar-refractivity contribution in [2.45, 2.75) is 29.7 Å². The number of anilines is 1. The first-order valence-electron chi connectivity index (χ1n) is 10.2. The molecule has 0 saturated carbocycles. The summed E-state index contributed by atoms with van der Waals surface area (Å²) in [6, 6.07) is 26.6. The normalized spacial score (nSPS) is 10.7. The van der Waals surface area contributed by atoms with Crippen LogP contribution in [0, 0.1) is 0 Å². The molecule has 1 heterocycles. The van der Waals surface area contributed by atoms with Crippen LogP contribution in [0.15, 0.2) is 99.1 Å². The van der Waals surface area contributed by atoms with Gasteiger partial charge in [-0.25, -0.2) is 0 Å². The Labute approximate surface area is 196 Å². The number of rotatable bonds is 8. The molecule has 0 radical (unpaired) electrons. The minimum Gasteiger partial charge on any atom is -0.486 e. The van der Waals surface area contributed by atoms with Gasteiger partial charge in [0.15, 0.2) is 5.76 Å². The highest BCUT2D eigenvalue weighted by Crippen LogP contribution is 2.34. The molecule has 162 valence electrons. The van der Waals surface area contributed by atoms with E-state index in [4.69, 9.17) is 20.8 Å². The summed E-state index contributed by atoms with van der Waals surface area (Å²) in [5.74, 6) is 1.26. The van der Waals surface area contributed by atoms with Crippen LogP contribution in [0.2, 0.25) is 5.02 Å². The predicted molar refractivity (Wildman–Crippen MR) is 129 cm³/mol. The van der Waals surface area contributed by atoms with Gasteiger partial charge in [-0.1, -0.05) is 54.6 Å². The SMILES string of the molecule is CCc1ccc(OCc2ccc(C(=O)Nc3ccccc3Sc3ccc(Cl)cc3)o2)cc1. The molecule has 0 saturated heterocycles. The second-order valence-corrected chi connectivity index (χ2v) is 8.61. The second kappa shape index (κ2) is 10.4.